The predicted octanol–water partition coefficient (Wildman–Crippen LogP) is 1.56. The summed E-state index contributed by atoms with van der Waals surface area (Å²) in [4.78, 5) is 24.8. The molecule has 1 aliphatic rings. The summed E-state index contributed by atoms with van der Waals surface area (Å²) < 4.78 is 9.87. The minimum atomic E-state index is -0.785. The molecule has 1 fully saturated rings. The highest BCUT2D eigenvalue weighted by atomic mass is 16.6. The average molecular weight is 287 g/mol. The van der Waals surface area contributed by atoms with Crippen LogP contribution >= 0.6 is 0 Å². The maximum Gasteiger partial charge on any atom is 0.410 e. The van der Waals surface area contributed by atoms with Crippen molar-refractivity contribution in [2.75, 3.05) is 20.2 Å². The van der Waals surface area contributed by atoms with Crippen molar-refractivity contribution in [3.63, 3.8) is 0 Å². The highest BCUT2D eigenvalue weighted by Crippen LogP contribution is 2.23. The monoisotopic (exact) mass is 287 g/mol. The lowest BCUT2D eigenvalue weighted by molar-refractivity contribution is -0.143. The largest absolute Gasteiger partial charge is 0.469 e. The van der Waals surface area contributed by atoms with Gasteiger partial charge in [0.15, 0.2) is 0 Å². The van der Waals surface area contributed by atoms with Crippen molar-refractivity contribution < 1.29 is 24.2 Å². The van der Waals surface area contributed by atoms with Gasteiger partial charge < -0.3 is 19.5 Å². The average Bonchev–Trinajstić information content (AvgIpc) is 2.36. The van der Waals surface area contributed by atoms with E-state index in [0.29, 0.717) is 13.1 Å². The first-order chi connectivity index (χ1) is 9.23. The summed E-state index contributed by atoms with van der Waals surface area (Å²) in [6, 6.07) is 0. The number of methoxy groups -OCH3 is 1. The molecule has 6 heteroatoms. The van der Waals surface area contributed by atoms with Crippen molar-refractivity contribution in [3.8, 4) is 0 Å². The van der Waals surface area contributed by atoms with Crippen LogP contribution in [0, 0.1) is 5.92 Å². The topological polar surface area (TPSA) is 76.1 Å². The van der Waals surface area contributed by atoms with Crippen LogP contribution in [0.15, 0.2) is 0 Å². The quantitative estimate of drug-likeness (QED) is 0.797. The summed E-state index contributed by atoms with van der Waals surface area (Å²) in [6.07, 6.45) is 0.392. The Morgan fingerprint density at radius 2 is 2.05 bits per heavy atom. The summed E-state index contributed by atoms with van der Waals surface area (Å²) >= 11 is 0. The number of aliphatic hydroxyl groups is 1. The third kappa shape index (κ3) is 5.36. The molecule has 6 nitrogen and oxygen atoms in total. The molecule has 0 aromatic heterocycles. The van der Waals surface area contributed by atoms with Crippen molar-refractivity contribution in [2.24, 2.45) is 5.92 Å². The van der Waals surface area contributed by atoms with Crippen LogP contribution in [-0.2, 0) is 14.3 Å². The summed E-state index contributed by atoms with van der Waals surface area (Å²) in [7, 11) is 1.29. The number of esters is 1. The number of piperidine rings is 1. The summed E-state index contributed by atoms with van der Waals surface area (Å²) in [5.41, 5.74) is -0.533. The normalized spacial score (nSPS) is 21.2. The Kier molecular flexibility index (Phi) is 5.80. The zero-order valence-electron chi connectivity index (χ0n) is 12.7. The number of carbonyl (C=O) groups is 2. The van der Waals surface area contributed by atoms with Gasteiger partial charge in [0, 0.05) is 19.0 Å². The van der Waals surface area contributed by atoms with Crippen LogP contribution in [0.25, 0.3) is 0 Å². The Hall–Kier alpha value is -1.30. The molecule has 2 atom stereocenters. The van der Waals surface area contributed by atoms with Crippen molar-refractivity contribution in [3.05, 3.63) is 0 Å². The molecule has 0 spiro atoms. The fourth-order valence-electron chi connectivity index (χ4n) is 2.24. The summed E-state index contributed by atoms with van der Waals surface area (Å²) in [5.74, 6) is -0.553. The van der Waals surface area contributed by atoms with E-state index in [-0.39, 0.29) is 18.4 Å². The van der Waals surface area contributed by atoms with E-state index < -0.39 is 17.7 Å². The second-order valence-electron chi connectivity index (χ2n) is 6.18. The smallest absolute Gasteiger partial charge is 0.410 e. The van der Waals surface area contributed by atoms with Crippen LogP contribution in [0.1, 0.15) is 40.0 Å². The molecule has 1 rings (SSSR count). The Morgan fingerprint density at radius 1 is 1.40 bits per heavy atom. The van der Waals surface area contributed by atoms with Gasteiger partial charge in [0.1, 0.15) is 5.60 Å². The lowest BCUT2D eigenvalue weighted by atomic mass is 9.91. The van der Waals surface area contributed by atoms with Crippen LogP contribution in [0.2, 0.25) is 0 Å². The fraction of sp³-hybridized carbons (Fsp3) is 0.857. The molecule has 1 aliphatic heterocycles. The van der Waals surface area contributed by atoms with Crippen LogP contribution in [0.3, 0.4) is 0 Å². The van der Waals surface area contributed by atoms with E-state index in [1.54, 1.807) is 4.90 Å². The minimum absolute atomic E-state index is 0.0384. The predicted molar refractivity (Wildman–Crippen MR) is 73.2 cm³/mol. The van der Waals surface area contributed by atoms with Gasteiger partial charge in [-0.3, -0.25) is 4.79 Å². The van der Waals surface area contributed by atoms with Crippen LogP contribution in [-0.4, -0.2) is 54.0 Å². The number of nitrogens with zero attached hydrogens (tertiary/aromatic N) is 1. The van der Waals surface area contributed by atoms with Gasteiger partial charge in [0.25, 0.3) is 0 Å². The zero-order valence-corrected chi connectivity index (χ0v) is 12.7. The highest BCUT2D eigenvalue weighted by molar-refractivity contribution is 5.70. The van der Waals surface area contributed by atoms with Gasteiger partial charge in [-0.2, -0.15) is 0 Å². The van der Waals surface area contributed by atoms with Gasteiger partial charge >= 0.3 is 12.1 Å². The Balaban J connectivity index is 2.53. The van der Waals surface area contributed by atoms with Gasteiger partial charge in [-0.1, -0.05) is 0 Å². The number of amides is 1. The SMILES string of the molecule is COC(=O)C[C@@H](O)C1CCCN(C(=O)OC(C)(C)C)C1. The molecule has 1 amide bonds. The van der Waals surface area contributed by atoms with Gasteiger partial charge in [-0.15, -0.1) is 0 Å². The van der Waals surface area contributed by atoms with E-state index in [1.807, 2.05) is 20.8 Å². The minimum Gasteiger partial charge on any atom is -0.469 e. The maximum absolute atomic E-state index is 12.0. The number of hydrogen-bond acceptors (Lipinski definition) is 5. The molecule has 20 heavy (non-hydrogen) atoms. The molecule has 0 aromatic rings. The molecule has 0 aromatic carbocycles. The molecule has 1 heterocycles. The van der Waals surface area contributed by atoms with Gasteiger partial charge in [-0.25, -0.2) is 4.79 Å². The first-order valence-electron chi connectivity index (χ1n) is 6.95. The zero-order chi connectivity index (χ0) is 15.3. The maximum atomic E-state index is 12.0. The van der Waals surface area contributed by atoms with E-state index in [4.69, 9.17) is 4.74 Å². The lowest BCUT2D eigenvalue weighted by Crippen LogP contribution is -2.45. The first-order valence-corrected chi connectivity index (χ1v) is 6.95. The van der Waals surface area contributed by atoms with E-state index >= 15 is 0 Å². The molecule has 0 saturated carbocycles. The van der Waals surface area contributed by atoms with E-state index in [1.165, 1.54) is 7.11 Å². The molecular weight excluding hydrogens is 262 g/mol. The molecule has 1 N–H and O–H groups in total. The van der Waals surface area contributed by atoms with Gasteiger partial charge in [0.2, 0.25) is 0 Å². The summed E-state index contributed by atoms with van der Waals surface area (Å²) in [5, 5.41) is 10.0. The second-order valence-corrected chi connectivity index (χ2v) is 6.18. The van der Waals surface area contributed by atoms with Gasteiger partial charge in [-0.05, 0) is 33.6 Å². The number of ether oxygens (including phenoxy) is 2. The number of aliphatic hydroxyl groups excluding tert-OH is 1. The summed E-state index contributed by atoms with van der Waals surface area (Å²) in [6.45, 7) is 6.48. The van der Waals surface area contributed by atoms with Crippen LogP contribution in [0.5, 0.6) is 0 Å². The van der Waals surface area contributed by atoms with Crippen molar-refractivity contribution in [1.29, 1.82) is 0 Å². The van der Waals surface area contributed by atoms with Crippen molar-refractivity contribution in [2.45, 2.75) is 51.7 Å². The Labute approximate surface area is 120 Å². The third-order valence-electron chi connectivity index (χ3n) is 3.26. The van der Waals surface area contributed by atoms with Crippen molar-refractivity contribution in [1.82, 2.24) is 4.90 Å². The number of rotatable bonds is 3. The first kappa shape index (κ1) is 16.8. The third-order valence-corrected chi connectivity index (χ3v) is 3.26. The van der Waals surface area contributed by atoms with Gasteiger partial charge in [0.05, 0.1) is 19.6 Å². The van der Waals surface area contributed by atoms with Crippen LogP contribution in [0.4, 0.5) is 4.79 Å². The Morgan fingerprint density at radius 3 is 2.60 bits per heavy atom. The molecule has 0 radical (unpaired) electrons. The molecule has 0 bridgehead atoms. The molecular formula is C14H25NO5. The highest BCUT2D eigenvalue weighted by Gasteiger charge is 2.31. The van der Waals surface area contributed by atoms with Crippen LogP contribution < -0.4 is 0 Å². The molecule has 0 aliphatic carbocycles. The van der Waals surface area contributed by atoms with E-state index in [2.05, 4.69) is 4.74 Å². The standard InChI is InChI=1S/C14H25NO5/c1-14(2,3)20-13(18)15-7-5-6-10(9-15)11(16)8-12(17)19-4/h10-11,16H,5-9H2,1-4H3/t10?,11-/m1/s1. The number of hydrogen-bond donors (Lipinski definition) is 1. The van der Waals surface area contributed by atoms with E-state index in [0.717, 1.165) is 12.8 Å². The molecule has 1 unspecified atom stereocenters. The number of likely N-dealkylation sites (tertiary alicyclic amines) is 1. The molecule has 116 valence electrons. The second kappa shape index (κ2) is 6.92. The Bertz CT molecular complexity index is 350. The lowest BCUT2D eigenvalue weighted by Gasteiger charge is -2.35. The fourth-order valence-corrected chi connectivity index (χ4v) is 2.24. The molecule has 1 saturated heterocycles. The van der Waals surface area contributed by atoms with E-state index in [9.17, 15) is 14.7 Å². The van der Waals surface area contributed by atoms with Crippen molar-refractivity contribution >= 4 is 12.1 Å². The number of carbonyl (C=O) groups excluding carboxylic acids is 2.